The van der Waals surface area contributed by atoms with E-state index in [-0.39, 0.29) is 0 Å². The van der Waals surface area contributed by atoms with Crippen molar-refractivity contribution < 1.29 is 18.9 Å². The van der Waals surface area contributed by atoms with Gasteiger partial charge in [0.2, 0.25) is 0 Å². The van der Waals surface area contributed by atoms with Crippen LogP contribution in [0.15, 0.2) is 42.5 Å². The van der Waals surface area contributed by atoms with E-state index in [0.717, 1.165) is 23.5 Å². The van der Waals surface area contributed by atoms with E-state index in [9.17, 15) is 0 Å². The van der Waals surface area contributed by atoms with Crippen molar-refractivity contribution >= 4 is 0 Å². The van der Waals surface area contributed by atoms with Crippen LogP contribution in [-0.4, -0.2) is 34.0 Å². The minimum Gasteiger partial charge on any atom is -0.497 e. The lowest BCUT2D eigenvalue weighted by Gasteiger charge is -2.13. The predicted octanol–water partition coefficient (Wildman–Crippen LogP) is 2.66. The van der Waals surface area contributed by atoms with Crippen molar-refractivity contribution in [2.75, 3.05) is 34.0 Å². The Kier molecular flexibility index (Phi) is 6.56. The van der Waals surface area contributed by atoms with Gasteiger partial charge in [-0.3, -0.25) is 0 Å². The number of benzene rings is 2. The summed E-state index contributed by atoms with van der Waals surface area (Å²) in [5, 5.41) is 0. The average molecular weight is 317 g/mol. The van der Waals surface area contributed by atoms with Gasteiger partial charge in [-0.25, -0.2) is 0 Å². The molecule has 0 aliphatic heterocycles. The Balaban J connectivity index is 1.83. The van der Waals surface area contributed by atoms with Gasteiger partial charge in [-0.15, -0.1) is 0 Å². The van der Waals surface area contributed by atoms with Gasteiger partial charge in [-0.2, -0.15) is 0 Å². The summed E-state index contributed by atoms with van der Waals surface area (Å²) in [6, 6.07) is 13.3. The number of hydrogen-bond acceptors (Lipinski definition) is 5. The highest BCUT2D eigenvalue weighted by molar-refractivity contribution is 5.43. The lowest BCUT2D eigenvalue weighted by atomic mass is 10.1. The maximum atomic E-state index is 5.72. The van der Waals surface area contributed by atoms with Crippen LogP contribution in [0.1, 0.15) is 5.56 Å². The second-order valence-corrected chi connectivity index (χ2v) is 4.90. The normalized spacial score (nSPS) is 10.2. The number of rotatable bonds is 9. The summed E-state index contributed by atoms with van der Waals surface area (Å²) in [5.41, 5.74) is 6.70. The molecule has 0 unspecified atom stereocenters. The third-order valence-electron chi connectivity index (χ3n) is 3.33. The Bertz CT molecular complexity index is 598. The molecule has 0 saturated carbocycles. The maximum Gasteiger partial charge on any atom is 0.161 e. The summed E-state index contributed by atoms with van der Waals surface area (Å²) < 4.78 is 21.8. The first kappa shape index (κ1) is 17.0. The third kappa shape index (κ3) is 5.07. The van der Waals surface area contributed by atoms with Crippen LogP contribution in [0.5, 0.6) is 23.0 Å². The second kappa shape index (κ2) is 8.90. The molecule has 0 saturated heterocycles. The van der Waals surface area contributed by atoms with Crippen LogP contribution >= 0.6 is 0 Å². The third-order valence-corrected chi connectivity index (χ3v) is 3.33. The molecule has 124 valence electrons. The molecule has 0 fully saturated rings. The Labute approximate surface area is 136 Å². The van der Waals surface area contributed by atoms with Gasteiger partial charge in [0.05, 0.1) is 14.2 Å². The smallest absolute Gasteiger partial charge is 0.161 e. The summed E-state index contributed by atoms with van der Waals surface area (Å²) in [6.45, 7) is 1.48. The molecule has 0 spiro atoms. The van der Waals surface area contributed by atoms with E-state index in [1.165, 1.54) is 0 Å². The fourth-order valence-electron chi connectivity index (χ4n) is 2.14. The summed E-state index contributed by atoms with van der Waals surface area (Å²) in [5.74, 6) is 2.99. The van der Waals surface area contributed by atoms with Crippen LogP contribution in [0.3, 0.4) is 0 Å². The van der Waals surface area contributed by atoms with E-state index in [0.29, 0.717) is 31.3 Å². The van der Waals surface area contributed by atoms with E-state index in [1.807, 2.05) is 42.5 Å². The molecular weight excluding hydrogens is 294 g/mol. The van der Waals surface area contributed by atoms with Crippen molar-refractivity contribution in [3.05, 3.63) is 48.0 Å². The van der Waals surface area contributed by atoms with Crippen molar-refractivity contribution in [3.63, 3.8) is 0 Å². The van der Waals surface area contributed by atoms with Crippen molar-refractivity contribution in [1.29, 1.82) is 0 Å². The monoisotopic (exact) mass is 317 g/mol. The summed E-state index contributed by atoms with van der Waals surface area (Å²) in [4.78, 5) is 0. The first-order chi connectivity index (χ1) is 11.3. The Hall–Kier alpha value is -2.40. The molecule has 23 heavy (non-hydrogen) atoms. The first-order valence-corrected chi connectivity index (χ1v) is 7.53. The molecule has 5 heteroatoms. The molecule has 0 amide bonds. The van der Waals surface area contributed by atoms with Gasteiger partial charge in [0.1, 0.15) is 24.7 Å². The summed E-state index contributed by atoms with van der Waals surface area (Å²) in [7, 11) is 3.26. The van der Waals surface area contributed by atoms with Crippen LogP contribution in [-0.2, 0) is 6.42 Å². The molecule has 0 bridgehead atoms. The minimum absolute atomic E-state index is 0.429. The van der Waals surface area contributed by atoms with Crippen molar-refractivity contribution in [1.82, 2.24) is 0 Å². The van der Waals surface area contributed by atoms with Crippen molar-refractivity contribution in [3.8, 4) is 23.0 Å². The molecule has 0 aliphatic rings. The molecule has 0 radical (unpaired) electrons. The lowest BCUT2D eigenvalue weighted by Crippen LogP contribution is -2.10. The van der Waals surface area contributed by atoms with Gasteiger partial charge in [-0.05, 0) is 54.9 Å². The molecule has 0 heterocycles. The zero-order valence-corrected chi connectivity index (χ0v) is 13.6. The standard InChI is InChI=1S/C18H23NO4/c1-20-15-4-6-16(7-5-15)22-11-12-23-17-8-3-14(9-10-19)13-18(17)21-2/h3-8,13H,9-12,19H2,1-2H3. The van der Waals surface area contributed by atoms with Gasteiger partial charge >= 0.3 is 0 Å². The van der Waals surface area contributed by atoms with E-state index in [2.05, 4.69) is 0 Å². The van der Waals surface area contributed by atoms with Crippen LogP contribution in [0.4, 0.5) is 0 Å². The molecule has 5 nitrogen and oxygen atoms in total. The fraction of sp³-hybridized carbons (Fsp3) is 0.333. The molecule has 2 aromatic carbocycles. The van der Waals surface area contributed by atoms with Crippen LogP contribution in [0.2, 0.25) is 0 Å². The first-order valence-electron chi connectivity index (χ1n) is 7.53. The highest BCUT2D eigenvalue weighted by Crippen LogP contribution is 2.28. The molecule has 0 atom stereocenters. The van der Waals surface area contributed by atoms with E-state index in [1.54, 1.807) is 14.2 Å². The average Bonchev–Trinajstić information content (AvgIpc) is 2.60. The Morgan fingerprint density at radius 2 is 1.48 bits per heavy atom. The lowest BCUT2D eigenvalue weighted by molar-refractivity contribution is 0.211. The van der Waals surface area contributed by atoms with Gasteiger partial charge < -0.3 is 24.7 Å². The van der Waals surface area contributed by atoms with Crippen LogP contribution in [0.25, 0.3) is 0 Å². The Morgan fingerprint density at radius 3 is 2.13 bits per heavy atom. The highest BCUT2D eigenvalue weighted by atomic mass is 16.5. The van der Waals surface area contributed by atoms with Crippen LogP contribution < -0.4 is 24.7 Å². The number of ether oxygens (including phenoxy) is 4. The summed E-state index contributed by atoms with van der Waals surface area (Å²) in [6.07, 6.45) is 0.817. The molecular formula is C18H23NO4. The van der Waals surface area contributed by atoms with Gasteiger partial charge in [0, 0.05) is 0 Å². The molecule has 2 N–H and O–H groups in total. The van der Waals surface area contributed by atoms with E-state index < -0.39 is 0 Å². The maximum absolute atomic E-state index is 5.72. The zero-order chi connectivity index (χ0) is 16.5. The Morgan fingerprint density at radius 1 is 0.783 bits per heavy atom. The van der Waals surface area contributed by atoms with Crippen molar-refractivity contribution in [2.24, 2.45) is 5.73 Å². The van der Waals surface area contributed by atoms with Gasteiger partial charge in [0.25, 0.3) is 0 Å². The largest absolute Gasteiger partial charge is 0.497 e. The van der Waals surface area contributed by atoms with Gasteiger partial charge in [-0.1, -0.05) is 6.07 Å². The van der Waals surface area contributed by atoms with E-state index in [4.69, 9.17) is 24.7 Å². The quantitative estimate of drug-likeness (QED) is 0.720. The predicted molar refractivity (Wildman–Crippen MR) is 89.7 cm³/mol. The second-order valence-electron chi connectivity index (χ2n) is 4.90. The molecule has 0 aromatic heterocycles. The van der Waals surface area contributed by atoms with Crippen LogP contribution in [0, 0.1) is 0 Å². The molecule has 2 aromatic rings. The van der Waals surface area contributed by atoms with E-state index >= 15 is 0 Å². The highest BCUT2D eigenvalue weighted by Gasteiger charge is 2.06. The number of nitrogens with two attached hydrogens (primary N) is 1. The molecule has 0 aliphatic carbocycles. The fourth-order valence-corrected chi connectivity index (χ4v) is 2.14. The van der Waals surface area contributed by atoms with Gasteiger partial charge in [0.15, 0.2) is 11.5 Å². The van der Waals surface area contributed by atoms with Crippen molar-refractivity contribution in [2.45, 2.75) is 6.42 Å². The zero-order valence-electron chi connectivity index (χ0n) is 13.6. The minimum atomic E-state index is 0.429. The number of methoxy groups -OCH3 is 2. The molecule has 2 rings (SSSR count). The summed E-state index contributed by atoms with van der Waals surface area (Å²) >= 11 is 0. The topological polar surface area (TPSA) is 62.9 Å². The number of hydrogen-bond donors (Lipinski definition) is 1. The SMILES string of the molecule is COc1ccc(OCCOc2ccc(CCN)cc2OC)cc1.